The third-order valence-electron chi connectivity index (χ3n) is 4.70. The highest BCUT2D eigenvalue weighted by atomic mass is 16.5. The molecule has 8 nitrogen and oxygen atoms in total. The Bertz CT molecular complexity index is 1060. The summed E-state index contributed by atoms with van der Waals surface area (Å²) in [5.74, 6) is 1.81. The quantitative estimate of drug-likeness (QED) is 0.180. The number of hydrogen-bond acceptors (Lipinski definition) is 6. The van der Waals surface area contributed by atoms with Crippen molar-refractivity contribution in [3.8, 4) is 17.2 Å². The van der Waals surface area contributed by atoms with Crippen molar-refractivity contribution in [1.82, 2.24) is 9.13 Å². The molecule has 0 atom stereocenters. The maximum Gasteiger partial charge on any atom is 0.341 e. The number of ether oxygens (including phenoxy) is 2. The SMILES string of the molecule is Cn1c(=O)n(C)c2cc(Oc3cccc(OCCCCBOC=N)c3)c(N)cc21. The average molecular weight is 396 g/mol. The van der Waals surface area contributed by atoms with Gasteiger partial charge in [0.1, 0.15) is 17.9 Å². The first-order valence-electron chi connectivity index (χ1n) is 9.47. The van der Waals surface area contributed by atoms with Crippen LogP contribution in [0.4, 0.5) is 5.69 Å². The molecular weight excluding hydrogens is 371 g/mol. The van der Waals surface area contributed by atoms with E-state index in [1.54, 1.807) is 35.4 Å². The van der Waals surface area contributed by atoms with Crippen LogP contribution in [0.5, 0.6) is 17.2 Å². The van der Waals surface area contributed by atoms with Crippen molar-refractivity contribution in [2.75, 3.05) is 12.3 Å². The van der Waals surface area contributed by atoms with E-state index in [1.807, 2.05) is 24.3 Å². The van der Waals surface area contributed by atoms with Gasteiger partial charge in [0.05, 0.1) is 23.3 Å². The number of unbranched alkanes of at least 4 members (excludes halogenated alkanes) is 1. The molecule has 152 valence electrons. The first-order chi connectivity index (χ1) is 14.0. The molecule has 3 aromatic rings. The number of imidazole rings is 1. The lowest BCUT2D eigenvalue weighted by Crippen LogP contribution is -2.19. The van der Waals surface area contributed by atoms with Gasteiger partial charge in [-0.2, -0.15) is 0 Å². The molecule has 0 spiro atoms. The van der Waals surface area contributed by atoms with Crippen LogP contribution in [-0.2, 0) is 18.7 Å². The molecule has 1 aromatic heterocycles. The van der Waals surface area contributed by atoms with Crippen molar-refractivity contribution >= 4 is 30.6 Å². The van der Waals surface area contributed by atoms with Crippen molar-refractivity contribution in [2.24, 2.45) is 14.1 Å². The summed E-state index contributed by atoms with van der Waals surface area (Å²) in [6.45, 7) is 0.592. The van der Waals surface area contributed by atoms with Gasteiger partial charge in [0.2, 0.25) is 0 Å². The van der Waals surface area contributed by atoms with E-state index in [4.69, 9.17) is 25.3 Å². The molecule has 0 aliphatic heterocycles. The molecular formula is C20H25BN4O4. The third kappa shape index (κ3) is 4.74. The maximum atomic E-state index is 12.1. The second-order valence-electron chi connectivity index (χ2n) is 6.75. The first kappa shape index (κ1) is 20.4. The van der Waals surface area contributed by atoms with Gasteiger partial charge < -0.3 is 19.9 Å². The van der Waals surface area contributed by atoms with Crippen LogP contribution in [-0.4, -0.2) is 29.6 Å². The van der Waals surface area contributed by atoms with Gasteiger partial charge in [0.15, 0.2) is 5.75 Å². The van der Waals surface area contributed by atoms with Crippen molar-refractivity contribution in [2.45, 2.75) is 19.2 Å². The van der Waals surface area contributed by atoms with Gasteiger partial charge in [0.25, 0.3) is 0 Å². The fourth-order valence-electron chi connectivity index (χ4n) is 3.10. The minimum atomic E-state index is -0.115. The highest BCUT2D eigenvalue weighted by Gasteiger charge is 2.12. The van der Waals surface area contributed by atoms with Gasteiger partial charge in [-0.1, -0.05) is 12.5 Å². The first-order valence-corrected chi connectivity index (χ1v) is 9.47. The summed E-state index contributed by atoms with van der Waals surface area (Å²) >= 11 is 0. The Hall–Kier alpha value is -3.36. The number of aryl methyl sites for hydroxylation is 2. The Balaban J connectivity index is 1.66. The van der Waals surface area contributed by atoms with Crippen LogP contribution in [0.25, 0.3) is 11.0 Å². The summed E-state index contributed by atoms with van der Waals surface area (Å²) in [4.78, 5) is 12.1. The Morgan fingerprint density at radius 1 is 1.10 bits per heavy atom. The molecule has 0 radical (unpaired) electrons. The summed E-state index contributed by atoms with van der Waals surface area (Å²) < 4.78 is 19.7. The van der Waals surface area contributed by atoms with Gasteiger partial charge in [-0.25, -0.2) is 4.79 Å². The molecule has 0 aliphatic rings. The summed E-state index contributed by atoms with van der Waals surface area (Å²) in [7, 11) is 3.99. The maximum absolute atomic E-state index is 12.1. The zero-order valence-electron chi connectivity index (χ0n) is 16.7. The Morgan fingerprint density at radius 3 is 2.59 bits per heavy atom. The van der Waals surface area contributed by atoms with Gasteiger partial charge in [0, 0.05) is 26.2 Å². The topological polar surface area (TPSA) is 104 Å². The van der Waals surface area contributed by atoms with Crippen LogP contribution in [0.3, 0.4) is 0 Å². The van der Waals surface area contributed by atoms with E-state index in [-0.39, 0.29) is 5.69 Å². The second-order valence-corrected chi connectivity index (χ2v) is 6.75. The number of nitrogens with one attached hydrogen (secondary N) is 1. The number of benzene rings is 2. The highest BCUT2D eigenvalue weighted by Crippen LogP contribution is 2.32. The predicted octanol–water partition coefficient (Wildman–Crippen LogP) is 2.80. The molecule has 1 heterocycles. The molecule has 3 N–H and O–H groups in total. The van der Waals surface area contributed by atoms with Crippen LogP contribution in [0.1, 0.15) is 12.8 Å². The molecule has 3 rings (SSSR count). The second kappa shape index (κ2) is 9.23. The molecule has 0 saturated heterocycles. The summed E-state index contributed by atoms with van der Waals surface area (Å²) in [6, 6.07) is 10.9. The smallest absolute Gasteiger partial charge is 0.341 e. The summed E-state index contributed by atoms with van der Waals surface area (Å²) in [5, 5.41) is 6.80. The highest BCUT2D eigenvalue weighted by molar-refractivity contribution is 6.29. The van der Waals surface area contributed by atoms with Crippen molar-refractivity contribution in [3.05, 3.63) is 46.9 Å². The lowest BCUT2D eigenvalue weighted by Gasteiger charge is -2.11. The van der Waals surface area contributed by atoms with E-state index in [0.717, 1.165) is 36.6 Å². The average Bonchev–Trinajstić information content (AvgIpc) is 2.92. The standard InChI is InChI=1S/C20H25BN4O4/c1-24-17-11-16(23)19(12-18(17)25(2)20(24)26)29-15-7-5-6-14(10-15)27-9-4-3-8-21-28-13-22/h5-7,10-13,21-22H,3-4,8-9,23H2,1-2H3. The van der Waals surface area contributed by atoms with E-state index in [0.29, 0.717) is 37.0 Å². The van der Waals surface area contributed by atoms with Crippen LogP contribution in [0.2, 0.25) is 6.32 Å². The van der Waals surface area contributed by atoms with Gasteiger partial charge in [-0.15, -0.1) is 0 Å². The number of fused-ring (bicyclic) bond motifs is 1. The fourth-order valence-corrected chi connectivity index (χ4v) is 3.10. The zero-order chi connectivity index (χ0) is 20.8. The Kier molecular flexibility index (Phi) is 6.48. The number of anilines is 1. The van der Waals surface area contributed by atoms with Gasteiger partial charge >= 0.3 is 13.2 Å². The van der Waals surface area contributed by atoms with E-state index in [9.17, 15) is 4.79 Å². The molecule has 2 aromatic carbocycles. The molecule has 29 heavy (non-hydrogen) atoms. The Labute approximate surface area is 169 Å². The van der Waals surface area contributed by atoms with Crippen LogP contribution in [0.15, 0.2) is 41.2 Å². The summed E-state index contributed by atoms with van der Waals surface area (Å²) in [5.41, 5.74) is 7.99. The molecule has 0 unspecified atom stereocenters. The lowest BCUT2D eigenvalue weighted by molar-refractivity contribution is 0.307. The third-order valence-corrected chi connectivity index (χ3v) is 4.70. The number of nitrogen functional groups attached to an aromatic ring is 1. The van der Waals surface area contributed by atoms with Gasteiger partial charge in [-0.05, 0) is 30.9 Å². The lowest BCUT2D eigenvalue weighted by atomic mass is 9.92. The monoisotopic (exact) mass is 396 g/mol. The number of nitrogens with two attached hydrogens (primary N) is 1. The van der Waals surface area contributed by atoms with E-state index >= 15 is 0 Å². The van der Waals surface area contributed by atoms with Crippen LogP contribution >= 0.6 is 0 Å². The van der Waals surface area contributed by atoms with Gasteiger partial charge in [-0.3, -0.25) is 14.5 Å². The van der Waals surface area contributed by atoms with Crippen LogP contribution < -0.4 is 20.9 Å². The fraction of sp³-hybridized carbons (Fsp3) is 0.300. The van der Waals surface area contributed by atoms with Crippen LogP contribution in [0, 0.1) is 5.41 Å². The normalized spacial score (nSPS) is 10.7. The number of aromatic nitrogens is 2. The molecule has 0 amide bonds. The van der Waals surface area contributed by atoms with E-state index in [1.165, 1.54) is 0 Å². The summed E-state index contributed by atoms with van der Waals surface area (Å²) in [6.07, 6.45) is 3.73. The van der Waals surface area contributed by atoms with Crippen molar-refractivity contribution < 1.29 is 14.1 Å². The molecule has 0 fully saturated rings. The number of hydrogen-bond donors (Lipinski definition) is 2. The zero-order valence-corrected chi connectivity index (χ0v) is 16.7. The number of nitrogens with zero attached hydrogens (tertiary/aromatic N) is 2. The minimum absolute atomic E-state index is 0.115. The number of rotatable bonds is 10. The molecule has 0 saturated carbocycles. The van der Waals surface area contributed by atoms with Crippen molar-refractivity contribution in [3.63, 3.8) is 0 Å². The molecule has 9 heteroatoms. The molecule has 0 bridgehead atoms. The molecule has 0 aliphatic carbocycles. The van der Waals surface area contributed by atoms with Crippen molar-refractivity contribution in [1.29, 1.82) is 5.41 Å². The largest absolute Gasteiger partial charge is 0.557 e. The van der Waals surface area contributed by atoms with E-state index < -0.39 is 0 Å². The minimum Gasteiger partial charge on any atom is -0.557 e. The predicted molar refractivity (Wildman–Crippen MR) is 116 cm³/mol. The van der Waals surface area contributed by atoms with E-state index in [2.05, 4.69) is 0 Å². The Morgan fingerprint density at radius 2 is 1.83 bits per heavy atom.